The molecule has 3 amide bonds. The van der Waals surface area contributed by atoms with Crippen molar-refractivity contribution in [2.24, 2.45) is 5.73 Å². The Balaban J connectivity index is 1.81. The predicted octanol–water partition coefficient (Wildman–Crippen LogP) is 3.23. The number of carbonyl (C=O) groups is 3. The van der Waals surface area contributed by atoms with Gasteiger partial charge in [0.2, 0.25) is 5.91 Å². The molecule has 5 N–H and O–H groups in total. The van der Waals surface area contributed by atoms with Gasteiger partial charge in [0.25, 0.3) is 11.8 Å². The zero-order valence-electron chi connectivity index (χ0n) is 19.4. The third-order valence-corrected chi connectivity index (χ3v) is 6.34. The van der Waals surface area contributed by atoms with Crippen LogP contribution in [-0.4, -0.2) is 27.1 Å². The van der Waals surface area contributed by atoms with Gasteiger partial charge in [0.15, 0.2) is 5.69 Å². The first-order valence-electron chi connectivity index (χ1n) is 11.0. The van der Waals surface area contributed by atoms with Crippen molar-refractivity contribution in [1.29, 1.82) is 0 Å². The fourth-order valence-corrected chi connectivity index (χ4v) is 4.49. The Hall–Kier alpha value is -4.57. The minimum Gasteiger partial charge on any atom is -0.395 e. The molecule has 9 nitrogen and oxygen atoms in total. The molecule has 2 aromatic carbocycles. The number of nitrogens with zero attached hydrogens (tertiary/aromatic N) is 3. The number of rotatable bonds is 8. The largest absolute Gasteiger partial charge is 0.395 e. The van der Waals surface area contributed by atoms with E-state index in [9.17, 15) is 14.4 Å². The summed E-state index contributed by atoms with van der Waals surface area (Å²) in [4.78, 5) is 44.8. The Morgan fingerprint density at radius 3 is 2.39 bits per heavy atom. The predicted molar refractivity (Wildman–Crippen MR) is 138 cm³/mol. The standard InChI is InChI=1S/C26H24N6O3S/c1-16-6-5-9-19(14-16)32(26(35)23-20(27)21(24(28)33)31-36-23)22(18-10-12-29-13-11-18)25(34)30-15-17-7-3-2-4-8-17/h2-14,22H,15,27H2,1H3,(H2,28,33)(H,30,34)/t22-/m1/s1. The molecule has 36 heavy (non-hydrogen) atoms. The fourth-order valence-electron chi connectivity index (χ4n) is 3.75. The summed E-state index contributed by atoms with van der Waals surface area (Å²) in [6.07, 6.45) is 3.11. The average Bonchev–Trinajstić information content (AvgIpc) is 3.28. The molecule has 0 aliphatic heterocycles. The number of nitrogens with two attached hydrogens (primary N) is 2. The molecule has 2 heterocycles. The van der Waals surface area contributed by atoms with E-state index < -0.39 is 23.8 Å². The number of benzene rings is 2. The molecule has 0 spiro atoms. The van der Waals surface area contributed by atoms with E-state index in [1.54, 1.807) is 42.7 Å². The third kappa shape index (κ3) is 5.23. The number of hydrogen-bond donors (Lipinski definition) is 3. The number of aryl methyl sites for hydroxylation is 1. The van der Waals surface area contributed by atoms with Crippen LogP contribution in [0.3, 0.4) is 0 Å². The van der Waals surface area contributed by atoms with Crippen LogP contribution >= 0.6 is 11.5 Å². The number of nitrogen functional groups attached to an aromatic ring is 1. The number of aromatic nitrogens is 2. The normalized spacial score (nSPS) is 11.5. The van der Waals surface area contributed by atoms with Gasteiger partial charge in [0, 0.05) is 24.6 Å². The van der Waals surface area contributed by atoms with Crippen LogP contribution in [0, 0.1) is 6.92 Å². The van der Waals surface area contributed by atoms with Gasteiger partial charge in [-0.25, -0.2) is 0 Å². The molecular weight excluding hydrogens is 476 g/mol. The molecule has 0 aliphatic rings. The number of primary amides is 1. The van der Waals surface area contributed by atoms with Crippen molar-refractivity contribution >= 4 is 40.6 Å². The van der Waals surface area contributed by atoms with Crippen LogP contribution in [0.1, 0.15) is 42.9 Å². The van der Waals surface area contributed by atoms with Crippen LogP contribution in [0.25, 0.3) is 0 Å². The maximum atomic E-state index is 14.0. The van der Waals surface area contributed by atoms with Gasteiger partial charge < -0.3 is 16.8 Å². The van der Waals surface area contributed by atoms with Crippen molar-refractivity contribution in [2.45, 2.75) is 19.5 Å². The van der Waals surface area contributed by atoms with Crippen molar-refractivity contribution in [3.05, 3.63) is 106 Å². The van der Waals surface area contributed by atoms with E-state index in [4.69, 9.17) is 11.5 Å². The molecule has 0 radical (unpaired) electrons. The minimum absolute atomic E-state index is 0.0141. The number of carbonyl (C=O) groups excluding carboxylic acids is 3. The maximum absolute atomic E-state index is 14.0. The average molecular weight is 501 g/mol. The zero-order valence-corrected chi connectivity index (χ0v) is 20.2. The van der Waals surface area contributed by atoms with E-state index in [1.165, 1.54) is 4.90 Å². The first-order valence-corrected chi connectivity index (χ1v) is 11.8. The zero-order chi connectivity index (χ0) is 25.7. The summed E-state index contributed by atoms with van der Waals surface area (Å²) in [5.74, 6) is -1.82. The van der Waals surface area contributed by atoms with Crippen LogP contribution in [0.2, 0.25) is 0 Å². The number of pyridine rings is 1. The summed E-state index contributed by atoms with van der Waals surface area (Å²) >= 11 is 0.763. The summed E-state index contributed by atoms with van der Waals surface area (Å²) in [7, 11) is 0. The highest BCUT2D eigenvalue weighted by Crippen LogP contribution is 2.33. The van der Waals surface area contributed by atoms with Crippen LogP contribution in [-0.2, 0) is 11.3 Å². The molecule has 2 aromatic heterocycles. The second kappa shape index (κ2) is 10.8. The number of hydrogen-bond acceptors (Lipinski definition) is 7. The lowest BCUT2D eigenvalue weighted by atomic mass is 10.0. The molecular formula is C26H24N6O3S. The number of amides is 3. The third-order valence-electron chi connectivity index (χ3n) is 5.49. The Labute approximate surface area is 211 Å². The topological polar surface area (TPSA) is 144 Å². The van der Waals surface area contributed by atoms with E-state index in [2.05, 4.69) is 14.7 Å². The van der Waals surface area contributed by atoms with Gasteiger partial charge in [-0.2, -0.15) is 4.37 Å². The Morgan fingerprint density at radius 2 is 1.75 bits per heavy atom. The smallest absolute Gasteiger partial charge is 0.273 e. The van der Waals surface area contributed by atoms with Gasteiger partial charge >= 0.3 is 0 Å². The van der Waals surface area contributed by atoms with Crippen molar-refractivity contribution in [2.75, 3.05) is 10.6 Å². The highest BCUT2D eigenvalue weighted by atomic mass is 32.1. The van der Waals surface area contributed by atoms with Gasteiger partial charge in [0.05, 0.1) is 5.69 Å². The van der Waals surface area contributed by atoms with E-state index in [0.717, 1.165) is 22.7 Å². The molecule has 0 aliphatic carbocycles. The highest BCUT2D eigenvalue weighted by molar-refractivity contribution is 7.09. The summed E-state index contributed by atoms with van der Waals surface area (Å²) < 4.78 is 3.97. The van der Waals surface area contributed by atoms with E-state index in [0.29, 0.717) is 11.3 Å². The highest BCUT2D eigenvalue weighted by Gasteiger charge is 2.36. The lowest BCUT2D eigenvalue weighted by molar-refractivity contribution is -0.122. The van der Waals surface area contributed by atoms with Crippen molar-refractivity contribution in [3.8, 4) is 0 Å². The molecule has 0 saturated carbocycles. The molecule has 0 unspecified atom stereocenters. The van der Waals surface area contributed by atoms with Crippen molar-refractivity contribution in [1.82, 2.24) is 14.7 Å². The van der Waals surface area contributed by atoms with Gasteiger partial charge in [-0.1, -0.05) is 42.5 Å². The minimum atomic E-state index is -1.07. The van der Waals surface area contributed by atoms with Crippen molar-refractivity contribution < 1.29 is 14.4 Å². The van der Waals surface area contributed by atoms with Crippen molar-refractivity contribution in [3.63, 3.8) is 0 Å². The molecule has 10 heteroatoms. The summed E-state index contributed by atoms with van der Waals surface area (Å²) in [5.41, 5.74) is 14.0. The Morgan fingerprint density at radius 1 is 1.03 bits per heavy atom. The second-order valence-corrected chi connectivity index (χ2v) is 8.81. The SMILES string of the molecule is Cc1cccc(N(C(=O)c2snc(C(N)=O)c2N)[C@@H](C(=O)NCc2ccccc2)c2ccncc2)c1. The summed E-state index contributed by atoms with van der Waals surface area (Å²) in [5, 5.41) is 2.94. The molecule has 1 atom stereocenters. The van der Waals surface area contributed by atoms with Gasteiger partial charge in [-0.15, -0.1) is 0 Å². The van der Waals surface area contributed by atoms with Crippen LogP contribution in [0.15, 0.2) is 79.1 Å². The van der Waals surface area contributed by atoms with Crippen LogP contribution in [0.4, 0.5) is 11.4 Å². The molecule has 0 fully saturated rings. The van der Waals surface area contributed by atoms with Crippen LogP contribution in [0.5, 0.6) is 0 Å². The van der Waals surface area contributed by atoms with Gasteiger partial charge in [-0.05, 0) is 59.4 Å². The molecule has 0 bridgehead atoms. The second-order valence-electron chi connectivity index (χ2n) is 8.04. The van der Waals surface area contributed by atoms with Gasteiger partial charge in [-0.3, -0.25) is 24.3 Å². The van der Waals surface area contributed by atoms with Crippen LogP contribution < -0.4 is 21.7 Å². The molecule has 182 valence electrons. The summed E-state index contributed by atoms with van der Waals surface area (Å²) in [6.45, 7) is 2.15. The quantitative estimate of drug-likeness (QED) is 0.339. The first kappa shape index (κ1) is 24.6. The molecule has 0 saturated heterocycles. The monoisotopic (exact) mass is 500 g/mol. The fraction of sp³-hybridized carbons (Fsp3) is 0.115. The summed E-state index contributed by atoms with van der Waals surface area (Å²) in [6, 6.07) is 18.9. The lowest BCUT2D eigenvalue weighted by Crippen LogP contribution is -2.44. The lowest BCUT2D eigenvalue weighted by Gasteiger charge is -2.31. The molecule has 4 aromatic rings. The van der Waals surface area contributed by atoms with E-state index in [1.807, 2.05) is 43.3 Å². The number of nitrogens with one attached hydrogen (secondary N) is 1. The maximum Gasteiger partial charge on any atom is 0.273 e. The number of anilines is 2. The Kier molecular flexibility index (Phi) is 7.36. The Bertz CT molecular complexity index is 1390. The molecule has 4 rings (SSSR count). The van der Waals surface area contributed by atoms with E-state index in [-0.39, 0.29) is 22.8 Å². The first-order chi connectivity index (χ1) is 17.4. The van der Waals surface area contributed by atoms with Gasteiger partial charge in [0.1, 0.15) is 10.9 Å². The van der Waals surface area contributed by atoms with E-state index >= 15 is 0 Å².